The number of aromatic nitrogens is 2. The van der Waals surface area contributed by atoms with E-state index in [1.54, 1.807) is 6.92 Å². The predicted octanol–water partition coefficient (Wildman–Crippen LogP) is 5.01. The molecule has 3 aromatic rings. The molecular weight excluding hydrogens is 535 g/mol. The molecule has 3 atom stereocenters. The van der Waals surface area contributed by atoms with E-state index in [1.165, 1.54) is 6.92 Å². The first-order chi connectivity index (χ1) is 18.7. The number of benzene rings is 1. The number of nitrogens with zero attached hydrogens (tertiary/aromatic N) is 2. The number of nitrogen functional groups attached to an aromatic ring is 1. The monoisotopic (exact) mass is 566 g/mol. The highest BCUT2D eigenvalue weighted by Gasteiger charge is 2.35. The van der Waals surface area contributed by atoms with Gasteiger partial charge in [-0.15, -0.1) is 0 Å². The second-order valence-electron chi connectivity index (χ2n) is 10.1. The van der Waals surface area contributed by atoms with E-state index >= 15 is 4.39 Å². The number of carbonyl (C=O) groups is 1. The number of anilines is 2. The molecule has 3 heterocycles. The number of hydrogen-bond acceptors (Lipinski definition) is 7. The van der Waals surface area contributed by atoms with E-state index in [4.69, 9.17) is 16.2 Å². The topological polar surface area (TPSA) is 128 Å². The Hall–Kier alpha value is -3.74. The zero-order valence-corrected chi connectivity index (χ0v) is 22.5. The molecule has 0 aliphatic carbocycles. The van der Waals surface area contributed by atoms with E-state index in [1.807, 2.05) is 6.92 Å². The molecule has 2 aromatic heterocycles. The summed E-state index contributed by atoms with van der Waals surface area (Å²) in [6.45, 7) is 7.64. The van der Waals surface area contributed by atoms with E-state index in [0.717, 1.165) is 25.0 Å². The highest BCUT2D eigenvalue weighted by atomic mass is 19.4. The fourth-order valence-corrected chi connectivity index (χ4v) is 4.97. The minimum absolute atomic E-state index is 0.0293. The molecule has 0 saturated carbocycles. The van der Waals surface area contributed by atoms with Crippen LogP contribution in [0.4, 0.5) is 33.5 Å². The largest absolute Gasteiger partial charge is 0.472 e. The Bertz CT molecular complexity index is 1460. The van der Waals surface area contributed by atoms with Crippen LogP contribution in [0.2, 0.25) is 0 Å². The lowest BCUT2D eigenvalue weighted by Crippen LogP contribution is -2.45. The van der Waals surface area contributed by atoms with Gasteiger partial charge in [-0.25, -0.2) is 18.7 Å². The van der Waals surface area contributed by atoms with Gasteiger partial charge in [0.25, 0.3) is 5.91 Å². The summed E-state index contributed by atoms with van der Waals surface area (Å²) >= 11 is 0. The molecule has 0 fully saturated rings. The first kappa shape index (κ1) is 29.2. The SMILES string of the molecule is CCCC(C)NCC1Nc2nc(C(N)=O)c(C)c3c(F)c(-c4cc(N)cc(F)c4CC(F)(F)F)nc(c23)OC1C. The van der Waals surface area contributed by atoms with Crippen molar-refractivity contribution in [2.24, 2.45) is 5.73 Å². The minimum atomic E-state index is -4.80. The van der Waals surface area contributed by atoms with Crippen molar-refractivity contribution < 1.29 is 31.5 Å². The molecule has 0 saturated heterocycles. The lowest BCUT2D eigenvalue weighted by molar-refractivity contribution is -0.127. The number of pyridine rings is 2. The van der Waals surface area contributed by atoms with Crippen LogP contribution in [-0.2, 0) is 6.42 Å². The van der Waals surface area contributed by atoms with E-state index in [2.05, 4.69) is 27.5 Å². The summed E-state index contributed by atoms with van der Waals surface area (Å²) in [6, 6.07) is 1.52. The summed E-state index contributed by atoms with van der Waals surface area (Å²) in [7, 11) is 0. The Kier molecular flexibility index (Phi) is 8.06. The molecule has 13 heteroatoms. The zero-order valence-electron chi connectivity index (χ0n) is 22.5. The van der Waals surface area contributed by atoms with Crippen molar-refractivity contribution in [2.45, 2.75) is 71.3 Å². The van der Waals surface area contributed by atoms with Crippen LogP contribution in [0.15, 0.2) is 12.1 Å². The van der Waals surface area contributed by atoms with Crippen LogP contribution in [0.1, 0.15) is 55.2 Å². The first-order valence-corrected chi connectivity index (χ1v) is 12.9. The first-order valence-electron chi connectivity index (χ1n) is 12.9. The van der Waals surface area contributed by atoms with Gasteiger partial charge in [-0.2, -0.15) is 13.2 Å². The lowest BCUT2D eigenvalue weighted by atomic mass is 9.96. The Morgan fingerprint density at radius 2 is 1.93 bits per heavy atom. The Morgan fingerprint density at radius 1 is 1.23 bits per heavy atom. The number of alkyl halides is 3. The zero-order chi connectivity index (χ0) is 29.5. The maximum atomic E-state index is 16.3. The van der Waals surface area contributed by atoms with Gasteiger partial charge >= 0.3 is 6.18 Å². The Balaban J connectivity index is 1.97. The quantitative estimate of drug-likeness (QED) is 0.223. The van der Waals surface area contributed by atoms with Crippen LogP contribution in [0.3, 0.4) is 0 Å². The number of nitrogens with one attached hydrogen (secondary N) is 2. The van der Waals surface area contributed by atoms with Crippen molar-refractivity contribution in [1.29, 1.82) is 0 Å². The second kappa shape index (κ2) is 11.0. The molecule has 3 unspecified atom stereocenters. The Labute approximate surface area is 227 Å². The molecule has 0 bridgehead atoms. The van der Waals surface area contributed by atoms with Crippen molar-refractivity contribution >= 4 is 28.2 Å². The van der Waals surface area contributed by atoms with Gasteiger partial charge in [-0.05, 0) is 44.9 Å². The third-order valence-corrected chi connectivity index (χ3v) is 6.97. The Morgan fingerprint density at radius 3 is 2.55 bits per heavy atom. The summed E-state index contributed by atoms with van der Waals surface area (Å²) in [5.74, 6) is -3.35. The number of ether oxygens (including phenoxy) is 1. The van der Waals surface area contributed by atoms with Crippen LogP contribution in [-0.4, -0.2) is 46.8 Å². The van der Waals surface area contributed by atoms with Gasteiger partial charge in [-0.3, -0.25) is 4.79 Å². The average molecular weight is 567 g/mol. The predicted molar refractivity (Wildman–Crippen MR) is 142 cm³/mol. The van der Waals surface area contributed by atoms with Gasteiger partial charge in [0.2, 0.25) is 5.88 Å². The second-order valence-corrected chi connectivity index (χ2v) is 10.1. The molecule has 1 aliphatic rings. The number of halogens is 5. The number of carbonyl (C=O) groups excluding carboxylic acids is 1. The summed E-state index contributed by atoms with van der Waals surface area (Å²) in [4.78, 5) is 20.9. The van der Waals surface area contributed by atoms with E-state index in [0.29, 0.717) is 6.54 Å². The van der Waals surface area contributed by atoms with Gasteiger partial charge in [0.15, 0.2) is 5.82 Å². The van der Waals surface area contributed by atoms with Gasteiger partial charge in [0, 0.05) is 34.8 Å². The summed E-state index contributed by atoms with van der Waals surface area (Å²) < 4.78 is 77.5. The molecule has 0 spiro atoms. The summed E-state index contributed by atoms with van der Waals surface area (Å²) in [5.41, 5.74) is 8.94. The van der Waals surface area contributed by atoms with Gasteiger partial charge < -0.3 is 26.8 Å². The molecule has 0 radical (unpaired) electrons. The molecule has 6 N–H and O–H groups in total. The summed E-state index contributed by atoms with van der Waals surface area (Å²) in [5, 5.41) is 6.49. The van der Waals surface area contributed by atoms with Crippen LogP contribution in [0.5, 0.6) is 5.88 Å². The van der Waals surface area contributed by atoms with Crippen molar-refractivity contribution in [2.75, 3.05) is 17.6 Å². The van der Waals surface area contributed by atoms with Gasteiger partial charge in [0.1, 0.15) is 29.1 Å². The van der Waals surface area contributed by atoms with Crippen molar-refractivity contribution in [3.8, 4) is 17.1 Å². The van der Waals surface area contributed by atoms with Gasteiger partial charge in [-0.1, -0.05) is 13.3 Å². The van der Waals surface area contributed by atoms with Crippen LogP contribution < -0.4 is 26.8 Å². The summed E-state index contributed by atoms with van der Waals surface area (Å²) in [6.07, 6.45) is -5.18. The smallest absolute Gasteiger partial charge is 0.393 e. The highest BCUT2D eigenvalue weighted by molar-refractivity contribution is 6.06. The van der Waals surface area contributed by atoms with Crippen LogP contribution in [0.25, 0.3) is 22.0 Å². The van der Waals surface area contributed by atoms with Crippen molar-refractivity contribution in [3.63, 3.8) is 0 Å². The molecule has 216 valence electrons. The van der Waals surface area contributed by atoms with E-state index in [9.17, 15) is 22.4 Å². The van der Waals surface area contributed by atoms with Crippen molar-refractivity contribution in [1.82, 2.24) is 15.3 Å². The number of nitrogens with two attached hydrogens (primary N) is 2. The third kappa shape index (κ3) is 5.74. The molecular formula is C27H31F5N6O2. The van der Waals surface area contributed by atoms with Crippen LogP contribution in [0, 0.1) is 18.6 Å². The normalized spacial score (nSPS) is 17.7. The molecule has 1 amide bonds. The maximum absolute atomic E-state index is 16.3. The lowest BCUT2D eigenvalue weighted by Gasteiger charge is -2.25. The van der Waals surface area contributed by atoms with Crippen LogP contribution >= 0.6 is 0 Å². The van der Waals surface area contributed by atoms with Crippen molar-refractivity contribution in [3.05, 3.63) is 40.6 Å². The number of hydrogen-bond donors (Lipinski definition) is 4. The molecule has 1 aromatic carbocycles. The third-order valence-electron chi connectivity index (χ3n) is 6.97. The number of amides is 1. The number of aryl methyl sites for hydroxylation is 1. The highest BCUT2D eigenvalue weighted by Crippen LogP contribution is 2.43. The average Bonchev–Trinajstić information content (AvgIpc) is 2.97. The standard InChI is InChI=1S/C27H31F5N6O2/c1-5-6-11(2)35-10-18-13(4)40-26-20-19(12(3)22(24(34)39)37-25(20)36-18)21(29)23(38-26)15-7-14(33)8-17(28)16(15)9-27(30,31)32/h7-8,11,13,18,35H,5-6,9-10,33H2,1-4H3,(H2,34,39)(H,36,37). The fourth-order valence-electron chi connectivity index (χ4n) is 4.97. The fraction of sp³-hybridized carbons (Fsp3) is 0.444. The minimum Gasteiger partial charge on any atom is -0.472 e. The molecule has 1 aliphatic heterocycles. The molecule has 4 rings (SSSR count). The van der Waals surface area contributed by atoms with E-state index < -0.39 is 59.1 Å². The molecule has 40 heavy (non-hydrogen) atoms. The maximum Gasteiger partial charge on any atom is 0.393 e. The van der Waals surface area contributed by atoms with E-state index in [-0.39, 0.29) is 45.5 Å². The van der Waals surface area contributed by atoms with Gasteiger partial charge in [0.05, 0.1) is 17.8 Å². The number of primary amides is 1. The molecule has 8 nitrogen and oxygen atoms in total. The number of rotatable bonds is 8.